The zero-order valence-electron chi connectivity index (χ0n) is 10.8. The zero-order chi connectivity index (χ0) is 14.7. The van der Waals surface area contributed by atoms with Gasteiger partial charge in [-0.2, -0.15) is 0 Å². The monoisotopic (exact) mass is 299 g/mol. The van der Waals surface area contributed by atoms with E-state index in [9.17, 15) is 13.2 Å². The highest BCUT2D eigenvalue weighted by Gasteiger charge is 2.14. The first-order valence-electron chi connectivity index (χ1n) is 6.17. The maximum atomic E-state index is 13.8. The molecule has 106 valence electrons. The summed E-state index contributed by atoms with van der Waals surface area (Å²) in [7, 11) is 0. The summed E-state index contributed by atoms with van der Waals surface area (Å²) in [4.78, 5) is 0. The van der Waals surface area contributed by atoms with Crippen LogP contribution in [0.4, 0.5) is 13.2 Å². The number of rotatable bonds is 4. The van der Waals surface area contributed by atoms with Gasteiger partial charge in [-0.1, -0.05) is 24.6 Å². The Balaban J connectivity index is 2.48. The normalized spacial score (nSPS) is 10.8. The smallest absolute Gasteiger partial charge is 0.136 e. The highest BCUT2D eigenvalue weighted by Crippen LogP contribution is 2.30. The van der Waals surface area contributed by atoms with E-state index in [1.165, 1.54) is 6.07 Å². The van der Waals surface area contributed by atoms with E-state index in [2.05, 4.69) is 5.32 Å². The fourth-order valence-corrected chi connectivity index (χ4v) is 2.13. The van der Waals surface area contributed by atoms with Crippen molar-refractivity contribution in [1.29, 1.82) is 0 Å². The van der Waals surface area contributed by atoms with E-state index in [1.54, 1.807) is 12.1 Å². The number of hydrogen-bond donors (Lipinski definition) is 1. The second-order valence-corrected chi connectivity index (χ2v) is 4.74. The third kappa shape index (κ3) is 3.14. The maximum absolute atomic E-state index is 13.8. The van der Waals surface area contributed by atoms with Crippen LogP contribution in [-0.2, 0) is 6.54 Å². The van der Waals surface area contributed by atoms with Gasteiger partial charge in [-0.25, -0.2) is 13.2 Å². The first kappa shape index (κ1) is 14.9. The van der Waals surface area contributed by atoms with Crippen LogP contribution in [0.3, 0.4) is 0 Å². The number of benzene rings is 2. The van der Waals surface area contributed by atoms with Crippen LogP contribution >= 0.6 is 11.6 Å². The fraction of sp³-hybridized carbons (Fsp3) is 0.200. The standard InChI is InChI=1S/C15H13ClF3N/c1-2-20-8-10-5-9(3-4-12(10)16)15-13(18)6-11(17)7-14(15)19/h3-7,20H,2,8H2,1H3. The molecule has 2 rings (SSSR count). The van der Waals surface area contributed by atoms with Gasteiger partial charge in [-0.15, -0.1) is 0 Å². The minimum absolute atomic E-state index is 0.249. The van der Waals surface area contributed by atoms with Crippen LogP contribution in [0.25, 0.3) is 11.1 Å². The Morgan fingerprint density at radius 2 is 1.70 bits per heavy atom. The Hall–Kier alpha value is -1.52. The van der Waals surface area contributed by atoms with Crippen LogP contribution in [0.2, 0.25) is 5.02 Å². The molecule has 1 nitrogen and oxygen atoms in total. The summed E-state index contributed by atoms with van der Waals surface area (Å²) in [5.41, 5.74) is 0.812. The summed E-state index contributed by atoms with van der Waals surface area (Å²) in [5.74, 6) is -2.80. The number of nitrogens with one attached hydrogen (secondary N) is 1. The molecule has 2 aromatic rings. The summed E-state index contributed by atoms with van der Waals surface area (Å²) in [6.45, 7) is 3.19. The summed E-state index contributed by atoms with van der Waals surface area (Å²) >= 11 is 6.04. The van der Waals surface area contributed by atoms with Crippen molar-refractivity contribution in [2.24, 2.45) is 0 Å². The Labute approximate surface area is 120 Å². The second-order valence-electron chi connectivity index (χ2n) is 4.33. The lowest BCUT2D eigenvalue weighted by Gasteiger charge is -2.10. The Morgan fingerprint density at radius 3 is 2.30 bits per heavy atom. The molecular weight excluding hydrogens is 287 g/mol. The lowest BCUT2D eigenvalue weighted by molar-refractivity contribution is 0.548. The molecule has 5 heteroatoms. The molecule has 0 radical (unpaired) electrons. The van der Waals surface area contributed by atoms with Gasteiger partial charge < -0.3 is 5.32 Å². The molecule has 0 heterocycles. The first-order valence-corrected chi connectivity index (χ1v) is 6.54. The van der Waals surface area contributed by atoms with Crippen LogP contribution in [-0.4, -0.2) is 6.54 Å². The van der Waals surface area contributed by atoms with E-state index < -0.39 is 17.5 Å². The average Bonchev–Trinajstić information content (AvgIpc) is 2.38. The van der Waals surface area contributed by atoms with Crippen molar-refractivity contribution in [2.75, 3.05) is 6.54 Å². The van der Waals surface area contributed by atoms with Gasteiger partial charge in [-0.05, 0) is 29.8 Å². The molecule has 1 N–H and O–H groups in total. The van der Waals surface area contributed by atoms with Crippen LogP contribution in [0.1, 0.15) is 12.5 Å². The van der Waals surface area contributed by atoms with Crippen molar-refractivity contribution in [3.05, 3.63) is 58.4 Å². The Morgan fingerprint density at radius 1 is 1.05 bits per heavy atom. The SMILES string of the molecule is CCNCc1cc(-c2c(F)cc(F)cc2F)ccc1Cl. The van der Waals surface area contributed by atoms with Crippen molar-refractivity contribution in [3.8, 4) is 11.1 Å². The minimum atomic E-state index is -0.939. The van der Waals surface area contributed by atoms with Gasteiger partial charge in [0.15, 0.2) is 0 Å². The molecule has 0 aromatic heterocycles. The molecule has 0 aliphatic heterocycles. The molecule has 0 amide bonds. The van der Waals surface area contributed by atoms with Gasteiger partial charge in [-0.3, -0.25) is 0 Å². The third-order valence-corrected chi connectivity index (χ3v) is 3.28. The predicted octanol–water partition coefficient (Wildman–Crippen LogP) is 4.53. The van der Waals surface area contributed by atoms with E-state index in [0.29, 0.717) is 29.3 Å². The molecule has 20 heavy (non-hydrogen) atoms. The van der Waals surface area contributed by atoms with Crippen molar-refractivity contribution in [1.82, 2.24) is 5.32 Å². The first-order chi connectivity index (χ1) is 9.52. The van der Waals surface area contributed by atoms with E-state index in [-0.39, 0.29) is 5.56 Å². The molecule has 0 bridgehead atoms. The summed E-state index contributed by atoms with van der Waals surface area (Å²) < 4.78 is 40.4. The lowest BCUT2D eigenvalue weighted by atomic mass is 10.0. The largest absolute Gasteiger partial charge is 0.313 e. The van der Waals surface area contributed by atoms with Crippen molar-refractivity contribution < 1.29 is 13.2 Å². The molecule has 0 aliphatic rings. The predicted molar refractivity (Wildman–Crippen MR) is 74.1 cm³/mol. The van der Waals surface area contributed by atoms with E-state index in [0.717, 1.165) is 12.1 Å². The Bertz CT molecular complexity index is 606. The molecule has 2 aromatic carbocycles. The van der Waals surface area contributed by atoms with Crippen molar-refractivity contribution in [2.45, 2.75) is 13.5 Å². The second kappa shape index (κ2) is 6.29. The molecule has 0 saturated carbocycles. The summed E-state index contributed by atoms with van der Waals surface area (Å²) in [6.07, 6.45) is 0. The maximum Gasteiger partial charge on any atom is 0.136 e. The van der Waals surface area contributed by atoms with E-state index in [4.69, 9.17) is 11.6 Å². The van der Waals surface area contributed by atoms with Gasteiger partial charge in [0.05, 0.1) is 5.56 Å². The molecule has 0 spiro atoms. The highest BCUT2D eigenvalue weighted by molar-refractivity contribution is 6.31. The van der Waals surface area contributed by atoms with Crippen LogP contribution in [0.5, 0.6) is 0 Å². The van der Waals surface area contributed by atoms with Crippen LogP contribution < -0.4 is 5.32 Å². The Kier molecular flexibility index (Phi) is 4.68. The van der Waals surface area contributed by atoms with Crippen molar-refractivity contribution in [3.63, 3.8) is 0 Å². The van der Waals surface area contributed by atoms with Gasteiger partial charge in [0.1, 0.15) is 17.5 Å². The highest BCUT2D eigenvalue weighted by atomic mass is 35.5. The molecular formula is C15H13ClF3N. The summed E-state index contributed by atoms with van der Waals surface area (Å²) in [5, 5.41) is 3.60. The van der Waals surface area contributed by atoms with Gasteiger partial charge in [0.2, 0.25) is 0 Å². The van der Waals surface area contributed by atoms with E-state index in [1.807, 2.05) is 6.92 Å². The van der Waals surface area contributed by atoms with Gasteiger partial charge in [0.25, 0.3) is 0 Å². The quantitative estimate of drug-likeness (QED) is 0.874. The topological polar surface area (TPSA) is 12.0 Å². The molecule has 0 saturated heterocycles. The average molecular weight is 300 g/mol. The summed E-state index contributed by atoms with van der Waals surface area (Å²) in [6, 6.07) is 6.02. The van der Waals surface area contributed by atoms with Gasteiger partial charge >= 0.3 is 0 Å². The molecule has 0 aliphatic carbocycles. The van der Waals surface area contributed by atoms with Crippen molar-refractivity contribution >= 4 is 11.6 Å². The zero-order valence-corrected chi connectivity index (χ0v) is 11.6. The lowest BCUT2D eigenvalue weighted by Crippen LogP contribution is -2.12. The number of hydrogen-bond acceptors (Lipinski definition) is 1. The van der Waals surface area contributed by atoms with Crippen LogP contribution in [0, 0.1) is 17.5 Å². The molecule has 0 atom stereocenters. The van der Waals surface area contributed by atoms with E-state index >= 15 is 0 Å². The minimum Gasteiger partial charge on any atom is -0.313 e. The molecule has 0 fully saturated rings. The van der Waals surface area contributed by atoms with Gasteiger partial charge in [0, 0.05) is 23.7 Å². The number of halogens is 4. The van der Waals surface area contributed by atoms with Crippen LogP contribution in [0.15, 0.2) is 30.3 Å². The molecule has 0 unspecified atom stereocenters. The fourth-order valence-electron chi connectivity index (χ4n) is 1.94. The third-order valence-electron chi connectivity index (χ3n) is 2.91.